The third-order valence-electron chi connectivity index (χ3n) is 3.27. The number of halogens is 1. The molecule has 0 bridgehead atoms. The molecule has 0 radical (unpaired) electrons. The summed E-state index contributed by atoms with van der Waals surface area (Å²) in [6, 6.07) is 0.527. The van der Waals surface area contributed by atoms with E-state index in [1.807, 2.05) is 12.4 Å². The molecule has 3 heterocycles. The summed E-state index contributed by atoms with van der Waals surface area (Å²) < 4.78 is 2.09. The van der Waals surface area contributed by atoms with Gasteiger partial charge >= 0.3 is 0 Å². The van der Waals surface area contributed by atoms with Crippen molar-refractivity contribution in [3.05, 3.63) is 9.85 Å². The molecule has 1 saturated heterocycles. The van der Waals surface area contributed by atoms with E-state index in [0.717, 1.165) is 40.0 Å². The standard InChI is InChI=1S/C11H14BrN5S/c1-14-6-2-3-17(4-6)10-9-8(7(12)5-18-9)15-11(13)16-10/h5-6,14H,2-4H2,1H3,(H2,13,15,16)/t6-/m1/s1. The Morgan fingerprint density at radius 3 is 3.11 bits per heavy atom. The van der Waals surface area contributed by atoms with Crippen LogP contribution in [0.4, 0.5) is 11.8 Å². The van der Waals surface area contributed by atoms with Gasteiger partial charge in [-0.15, -0.1) is 11.3 Å². The maximum atomic E-state index is 5.81. The van der Waals surface area contributed by atoms with Crippen LogP contribution in [-0.4, -0.2) is 36.1 Å². The van der Waals surface area contributed by atoms with Crippen LogP contribution in [0.1, 0.15) is 6.42 Å². The highest BCUT2D eigenvalue weighted by Gasteiger charge is 2.25. The maximum absolute atomic E-state index is 5.81. The molecule has 0 aromatic carbocycles. The molecule has 0 unspecified atom stereocenters. The Bertz CT molecular complexity index is 584. The Morgan fingerprint density at radius 2 is 2.39 bits per heavy atom. The first-order valence-corrected chi connectivity index (χ1v) is 7.48. The molecular weight excluding hydrogens is 314 g/mol. The number of nitrogens with two attached hydrogens (primary N) is 1. The normalized spacial score (nSPS) is 19.9. The van der Waals surface area contributed by atoms with Gasteiger partial charge in [0.25, 0.3) is 0 Å². The first kappa shape index (κ1) is 12.1. The second-order valence-electron chi connectivity index (χ2n) is 4.39. The molecule has 1 aliphatic rings. The molecule has 1 atom stereocenters. The van der Waals surface area contributed by atoms with Gasteiger partial charge in [-0.3, -0.25) is 0 Å². The minimum atomic E-state index is 0.338. The van der Waals surface area contributed by atoms with Crippen molar-refractivity contribution in [3.63, 3.8) is 0 Å². The second-order valence-corrected chi connectivity index (χ2v) is 6.12. The lowest BCUT2D eigenvalue weighted by Gasteiger charge is -2.18. The predicted octanol–water partition coefficient (Wildman–Crippen LogP) is 1.83. The molecule has 2 aromatic rings. The van der Waals surface area contributed by atoms with Gasteiger partial charge in [-0.1, -0.05) is 0 Å². The zero-order chi connectivity index (χ0) is 12.7. The van der Waals surface area contributed by atoms with Gasteiger partial charge in [0.15, 0.2) is 5.82 Å². The van der Waals surface area contributed by atoms with Crippen LogP contribution >= 0.6 is 27.3 Å². The summed E-state index contributed by atoms with van der Waals surface area (Å²) in [6.07, 6.45) is 1.13. The quantitative estimate of drug-likeness (QED) is 0.880. The van der Waals surface area contributed by atoms with Crippen molar-refractivity contribution in [2.45, 2.75) is 12.5 Å². The number of nitrogens with one attached hydrogen (secondary N) is 1. The van der Waals surface area contributed by atoms with Crippen molar-refractivity contribution in [2.24, 2.45) is 0 Å². The van der Waals surface area contributed by atoms with E-state index >= 15 is 0 Å². The molecule has 3 N–H and O–H groups in total. The van der Waals surface area contributed by atoms with E-state index < -0.39 is 0 Å². The SMILES string of the molecule is CN[C@@H]1CCN(c2nc(N)nc3c(Br)csc23)C1. The van der Waals surface area contributed by atoms with E-state index in [4.69, 9.17) is 5.73 Å². The number of nitrogen functional groups attached to an aromatic ring is 1. The fourth-order valence-electron chi connectivity index (χ4n) is 2.29. The Kier molecular flexibility index (Phi) is 3.13. The van der Waals surface area contributed by atoms with Gasteiger partial charge in [0.1, 0.15) is 5.52 Å². The monoisotopic (exact) mass is 327 g/mol. The van der Waals surface area contributed by atoms with Crippen molar-refractivity contribution < 1.29 is 0 Å². The molecule has 1 fully saturated rings. The third-order valence-corrected chi connectivity index (χ3v) is 5.14. The van der Waals surface area contributed by atoms with Crippen LogP contribution in [0.2, 0.25) is 0 Å². The molecule has 2 aromatic heterocycles. The minimum absolute atomic E-state index is 0.338. The van der Waals surface area contributed by atoms with Crippen LogP contribution < -0.4 is 16.0 Å². The van der Waals surface area contributed by atoms with Crippen molar-refractivity contribution in [1.29, 1.82) is 0 Å². The summed E-state index contributed by atoms with van der Waals surface area (Å²) in [7, 11) is 2.00. The molecule has 96 valence electrons. The molecule has 7 heteroatoms. The van der Waals surface area contributed by atoms with Crippen LogP contribution in [0.25, 0.3) is 10.2 Å². The van der Waals surface area contributed by atoms with E-state index in [1.165, 1.54) is 0 Å². The van der Waals surface area contributed by atoms with Gasteiger partial charge in [0.2, 0.25) is 5.95 Å². The number of hydrogen-bond acceptors (Lipinski definition) is 6. The first-order valence-electron chi connectivity index (χ1n) is 5.81. The minimum Gasteiger partial charge on any atom is -0.368 e. The molecule has 5 nitrogen and oxygen atoms in total. The Labute approximate surface area is 118 Å². The number of hydrogen-bond donors (Lipinski definition) is 2. The van der Waals surface area contributed by atoms with Gasteiger partial charge in [-0.25, -0.2) is 4.98 Å². The van der Waals surface area contributed by atoms with Crippen LogP contribution in [0.3, 0.4) is 0 Å². The molecule has 3 rings (SSSR count). The van der Waals surface area contributed by atoms with Gasteiger partial charge in [0, 0.05) is 24.5 Å². The van der Waals surface area contributed by atoms with Crippen LogP contribution in [0, 0.1) is 0 Å². The molecule has 0 amide bonds. The molecule has 0 spiro atoms. The Morgan fingerprint density at radius 1 is 1.56 bits per heavy atom. The first-order chi connectivity index (χ1) is 8.69. The summed E-state index contributed by atoms with van der Waals surface area (Å²) >= 11 is 5.16. The van der Waals surface area contributed by atoms with Crippen LogP contribution in [0.5, 0.6) is 0 Å². The number of aromatic nitrogens is 2. The number of likely N-dealkylation sites (N-methyl/N-ethyl adjacent to an activating group) is 1. The van der Waals surface area contributed by atoms with Gasteiger partial charge in [-0.2, -0.15) is 4.98 Å². The number of nitrogens with zero attached hydrogens (tertiary/aromatic N) is 3. The van der Waals surface area contributed by atoms with Gasteiger partial charge < -0.3 is 16.0 Å². The summed E-state index contributed by atoms with van der Waals surface area (Å²) in [5, 5.41) is 5.34. The maximum Gasteiger partial charge on any atom is 0.222 e. The summed E-state index contributed by atoms with van der Waals surface area (Å²) in [6.45, 7) is 1.98. The Hall–Kier alpha value is -0.920. The fraction of sp³-hybridized carbons (Fsp3) is 0.455. The van der Waals surface area contributed by atoms with Crippen molar-refractivity contribution in [3.8, 4) is 0 Å². The number of rotatable bonds is 2. The molecule has 0 saturated carbocycles. The van der Waals surface area contributed by atoms with E-state index in [0.29, 0.717) is 12.0 Å². The lowest BCUT2D eigenvalue weighted by molar-refractivity contribution is 0.616. The van der Waals surface area contributed by atoms with Crippen molar-refractivity contribution >= 4 is 49.2 Å². The highest BCUT2D eigenvalue weighted by Crippen LogP contribution is 2.36. The number of thiophene rings is 1. The largest absolute Gasteiger partial charge is 0.368 e. The zero-order valence-electron chi connectivity index (χ0n) is 9.98. The van der Waals surface area contributed by atoms with E-state index in [-0.39, 0.29) is 0 Å². The van der Waals surface area contributed by atoms with E-state index in [2.05, 4.69) is 36.1 Å². The Balaban J connectivity index is 2.06. The lowest BCUT2D eigenvalue weighted by atomic mass is 10.3. The molecular formula is C11H14BrN5S. The van der Waals surface area contributed by atoms with Crippen molar-refractivity contribution in [1.82, 2.24) is 15.3 Å². The molecule has 18 heavy (non-hydrogen) atoms. The average molecular weight is 328 g/mol. The second kappa shape index (κ2) is 4.64. The van der Waals surface area contributed by atoms with Gasteiger partial charge in [0.05, 0.1) is 9.17 Å². The van der Waals surface area contributed by atoms with Crippen LogP contribution in [0.15, 0.2) is 9.85 Å². The third kappa shape index (κ3) is 1.96. The lowest BCUT2D eigenvalue weighted by Crippen LogP contribution is -2.30. The summed E-state index contributed by atoms with van der Waals surface area (Å²) in [4.78, 5) is 11.0. The molecule has 0 aliphatic carbocycles. The van der Waals surface area contributed by atoms with Crippen molar-refractivity contribution in [2.75, 3.05) is 30.8 Å². The topological polar surface area (TPSA) is 67.1 Å². The van der Waals surface area contributed by atoms with Gasteiger partial charge in [-0.05, 0) is 29.4 Å². The summed E-state index contributed by atoms with van der Waals surface area (Å²) in [5.74, 6) is 1.30. The smallest absolute Gasteiger partial charge is 0.222 e. The van der Waals surface area contributed by atoms with E-state index in [9.17, 15) is 0 Å². The zero-order valence-corrected chi connectivity index (χ0v) is 12.4. The van der Waals surface area contributed by atoms with Crippen LogP contribution in [-0.2, 0) is 0 Å². The average Bonchev–Trinajstić information content (AvgIpc) is 2.96. The van der Waals surface area contributed by atoms with E-state index in [1.54, 1.807) is 11.3 Å². The molecule has 1 aliphatic heterocycles. The number of anilines is 2. The predicted molar refractivity (Wildman–Crippen MR) is 79.2 cm³/mol. The fourth-order valence-corrected chi connectivity index (χ4v) is 3.87. The highest BCUT2D eigenvalue weighted by atomic mass is 79.9. The number of fused-ring (bicyclic) bond motifs is 1. The summed E-state index contributed by atoms with van der Waals surface area (Å²) in [5.41, 5.74) is 6.72. The highest BCUT2D eigenvalue weighted by molar-refractivity contribution is 9.10.